The van der Waals surface area contributed by atoms with Crippen LogP contribution in [0.1, 0.15) is 23.2 Å². The van der Waals surface area contributed by atoms with Crippen molar-refractivity contribution in [1.29, 1.82) is 0 Å². The van der Waals surface area contributed by atoms with Crippen LogP contribution in [0, 0.1) is 0 Å². The average molecular weight is 224 g/mol. The van der Waals surface area contributed by atoms with E-state index in [1.807, 2.05) is 19.2 Å². The van der Waals surface area contributed by atoms with Crippen LogP contribution in [0.2, 0.25) is 5.02 Å². The Balaban J connectivity index is 2.04. The summed E-state index contributed by atoms with van der Waals surface area (Å²) in [6, 6.07) is 7.83. The van der Waals surface area contributed by atoms with Gasteiger partial charge in [-0.1, -0.05) is 23.7 Å². The standard InChI is InChI=1S/C12H14ClNO/c1-14(9-6-7-9)8-12(15)10-4-2-3-5-11(10)13/h2-5,9H,6-8H2,1H3. The van der Waals surface area contributed by atoms with Crippen LogP contribution in [0.5, 0.6) is 0 Å². The third kappa shape index (κ3) is 2.58. The number of hydrogen-bond acceptors (Lipinski definition) is 2. The number of likely N-dealkylation sites (N-methyl/N-ethyl adjacent to an activating group) is 1. The van der Waals surface area contributed by atoms with Crippen molar-refractivity contribution in [2.24, 2.45) is 0 Å². The fourth-order valence-electron chi connectivity index (χ4n) is 1.64. The van der Waals surface area contributed by atoms with Gasteiger partial charge in [-0.3, -0.25) is 9.69 Å². The molecule has 3 heteroatoms. The molecule has 0 radical (unpaired) electrons. The Labute approximate surface area is 94.8 Å². The fourth-order valence-corrected chi connectivity index (χ4v) is 1.88. The number of benzene rings is 1. The Hall–Kier alpha value is -0.860. The second-order valence-electron chi connectivity index (χ2n) is 4.05. The molecule has 1 saturated carbocycles. The Morgan fingerprint density at radius 1 is 1.47 bits per heavy atom. The predicted octanol–water partition coefficient (Wildman–Crippen LogP) is 2.62. The van der Waals surface area contributed by atoms with Gasteiger partial charge in [-0.2, -0.15) is 0 Å². The summed E-state index contributed by atoms with van der Waals surface area (Å²) >= 11 is 5.96. The highest BCUT2D eigenvalue weighted by Crippen LogP contribution is 2.25. The quantitative estimate of drug-likeness (QED) is 0.732. The molecule has 0 aliphatic heterocycles. The summed E-state index contributed by atoms with van der Waals surface area (Å²) < 4.78 is 0. The van der Waals surface area contributed by atoms with E-state index in [-0.39, 0.29) is 5.78 Å². The molecule has 0 N–H and O–H groups in total. The number of carbonyl (C=O) groups excluding carboxylic acids is 1. The van der Waals surface area contributed by atoms with Crippen molar-refractivity contribution in [2.45, 2.75) is 18.9 Å². The first-order valence-corrected chi connectivity index (χ1v) is 5.54. The van der Waals surface area contributed by atoms with E-state index in [2.05, 4.69) is 4.90 Å². The molecule has 0 aromatic heterocycles. The third-order valence-electron chi connectivity index (χ3n) is 2.74. The number of ketones is 1. The van der Waals surface area contributed by atoms with E-state index < -0.39 is 0 Å². The minimum absolute atomic E-state index is 0.106. The zero-order chi connectivity index (χ0) is 10.8. The molecule has 0 heterocycles. The van der Waals surface area contributed by atoms with E-state index in [4.69, 9.17) is 11.6 Å². The molecule has 1 fully saturated rings. The van der Waals surface area contributed by atoms with Gasteiger partial charge < -0.3 is 0 Å². The lowest BCUT2D eigenvalue weighted by Crippen LogP contribution is -2.28. The summed E-state index contributed by atoms with van der Waals surface area (Å²) in [4.78, 5) is 14.0. The van der Waals surface area contributed by atoms with Crippen LogP contribution in [0.15, 0.2) is 24.3 Å². The van der Waals surface area contributed by atoms with Gasteiger partial charge in [0.15, 0.2) is 5.78 Å². The Bertz CT molecular complexity index is 374. The number of hydrogen-bond donors (Lipinski definition) is 0. The third-order valence-corrected chi connectivity index (χ3v) is 3.07. The molecular formula is C12H14ClNO. The lowest BCUT2D eigenvalue weighted by atomic mass is 10.1. The zero-order valence-electron chi connectivity index (χ0n) is 8.74. The van der Waals surface area contributed by atoms with Crippen LogP contribution in [-0.2, 0) is 0 Å². The number of carbonyl (C=O) groups is 1. The maximum Gasteiger partial charge on any atom is 0.178 e. The monoisotopic (exact) mass is 223 g/mol. The highest BCUT2D eigenvalue weighted by atomic mass is 35.5. The van der Waals surface area contributed by atoms with Crippen molar-refractivity contribution in [2.75, 3.05) is 13.6 Å². The molecule has 0 amide bonds. The summed E-state index contributed by atoms with van der Waals surface area (Å²) in [6.07, 6.45) is 2.43. The van der Waals surface area contributed by atoms with Crippen LogP contribution in [0.4, 0.5) is 0 Å². The summed E-state index contributed by atoms with van der Waals surface area (Å²) in [5.74, 6) is 0.106. The molecule has 80 valence electrons. The van der Waals surface area contributed by atoms with E-state index in [0.717, 1.165) is 0 Å². The molecule has 1 aromatic rings. The molecular weight excluding hydrogens is 210 g/mol. The van der Waals surface area contributed by atoms with Crippen molar-refractivity contribution in [3.63, 3.8) is 0 Å². The molecule has 0 spiro atoms. The SMILES string of the molecule is CN(CC(=O)c1ccccc1Cl)C1CC1. The highest BCUT2D eigenvalue weighted by Gasteiger charge is 2.27. The maximum atomic E-state index is 11.9. The number of halogens is 1. The maximum absolute atomic E-state index is 11.9. The molecule has 0 atom stereocenters. The van der Waals surface area contributed by atoms with Crippen LogP contribution >= 0.6 is 11.6 Å². The molecule has 1 aromatic carbocycles. The second kappa shape index (κ2) is 4.33. The summed E-state index contributed by atoms with van der Waals surface area (Å²) in [5.41, 5.74) is 0.631. The van der Waals surface area contributed by atoms with Crippen molar-refractivity contribution >= 4 is 17.4 Å². The fraction of sp³-hybridized carbons (Fsp3) is 0.417. The first-order valence-electron chi connectivity index (χ1n) is 5.16. The molecule has 0 bridgehead atoms. The molecule has 0 saturated heterocycles. The van der Waals surface area contributed by atoms with E-state index in [0.29, 0.717) is 23.2 Å². The molecule has 0 unspecified atom stereocenters. The topological polar surface area (TPSA) is 20.3 Å². The summed E-state index contributed by atoms with van der Waals surface area (Å²) in [7, 11) is 1.99. The van der Waals surface area contributed by atoms with Gasteiger partial charge >= 0.3 is 0 Å². The van der Waals surface area contributed by atoms with Crippen LogP contribution in [0.3, 0.4) is 0 Å². The average Bonchev–Trinajstić information content (AvgIpc) is 3.01. The Morgan fingerprint density at radius 3 is 2.73 bits per heavy atom. The van der Waals surface area contributed by atoms with Gasteiger partial charge in [0, 0.05) is 11.6 Å². The van der Waals surface area contributed by atoms with Gasteiger partial charge in [0.2, 0.25) is 0 Å². The van der Waals surface area contributed by atoms with Gasteiger partial charge in [-0.25, -0.2) is 0 Å². The van der Waals surface area contributed by atoms with Crippen LogP contribution in [-0.4, -0.2) is 30.3 Å². The first kappa shape index (κ1) is 10.7. The van der Waals surface area contributed by atoms with Crippen LogP contribution in [0.25, 0.3) is 0 Å². The van der Waals surface area contributed by atoms with E-state index in [1.165, 1.54) is 12.8 Å². The molecule has 1 aliphatic rings. The normalized spacial score (nSPS) is 15.7. The van der Waals surface area contributed by atoms with Gasteiger partial charge in [-0.05, 0) is 32.0 Å². The van der Waals surface area contributed by atoms with Gasteiger partial charge in [0.05, 0.1) is 11.6 Å². The lowest BCUT2D eigenvalue weighted by molar-refractivity contribution is 0.0942. The van der Waals surface area contributed by atoms with Gasteiger partial charge in [0.25, 0.3) is 0 Å². The number of rotatable bonds is 4. The molecule has 1 aliphatic carbocycles. The highest BCUT2D eigenvalue weighted by molar-refractivity contribution is 6.34. The molecule has 2 nitrogen and oxygen atoms in total. The molecule has 2 rings (SSSR count). The van der Waals surface area contributed by atoms with Crippen molar-refractivity contribution in [3.05, 3.63) is 34.9 Å². The molecule has 15 heavy (non-hydrogen) atoms. The van der Waals surface area contributed by atoms with E-state index in [1.54, 1.807) is 12.1 Å². The van der Waals surface area contributed by atoms with Gasteiger partial charge in [-0.15, -0.1) is 0 Å². The largest absolute Gasteiger partial charge is 0.296 e. The number of nitrogens with zero attached hydrogens (tertiary/aromatic N) is 1. The van der Waals surface area contributed by atoms with Gasteiger partial charge in [0.1, 0.15) is 0 Å². The minimum atomic E-state index is 0.106. The van der Waals surface area contributed by atoms with Crippen molar-refractivity contribution < 1.29 is 4.79 Å². The minimum Gasteiger partial charge on any atom is -0.296 e. The van der Waals surface area contributed by atoms with E-state index in [9.17, 15) is 4.79 Å². The second-order valence-corrected chi connectivity index (χ2v) is 4.46. The Morgan fingerprint density at radius 2 is 2.13 bits per heavy atom. The van der Waals surface area contributed by atoms with E-state index >= 15 is 0 Å². The van der Waals surface area contributed by atoms with Crippen LogP contribution < -0.4 is 0 Å². The Kier molecular flexibility index (Phi) is 3.08. The van der Waals surface area contributed by atoms with Crippen molar-refractivity contribution in [1.82, 2.24) is 4.90 Å². The summed E-state index contributed by atoms with van der Waals surface area (Å²) in [6.45, 7) is 0.467. The summed E-state index contributed by atoms with van der Waals surface area (Å²) in [5, 5.41) is 0.548. The predicted molar refractivity (Wildman–Crippen MR) is 61.4 cm³/mol. The van der Waals surface area contributed by atoms with Crippen molar-refractivity contribution in [3.8, 4) is 0 Å². The smallest absolute Gasteiger partial charge is 0.178 e. The lowest BCUT2D eigenvalue weighted by Gasteiger charge is -2.14. The zero-order valence-corrected chi connectivity index (χ0v) is 9.50. The number of Topliss-reactive ketones (excluding diaryl/α,β-unsaturated/α-hetero) is 1. The first-order chi connectivity index (χ1) is 7.18.